The number of anilines is 1. The highest BCUT2D eigenvalue weighted by Gasteiger charge is 2.35. The number of fused-ring (bicyclic) bond motifs is 1. The van der Waals surface area contributed by atoms with Gasteiger partial charge in [-0.15, -0.1) is 0 Å². The molecule has 45 heavy (non-hydrogen) atoms. The summed E-state index contributed by atoms with van der Waals surface area (Å²) >= 11 is 0. The van der Waals surface area contributed by atoms with Crippen molar-refractivity contribution >= 4 is 22.7 Å². The van der Waals surface area contributed by atoms with Crippen molar-refractivity contribution in [2.75, 3.05) is 25.1 Å². The Balaban J connectivity index is 1.34. The van der Waals surface area contributed by atoms with Gasteiger partial charge in [-0.25, -0.2) is 9.67 Å². The van der Waals surface area contributed by atoms with E-state index in [1.165, 1.54) is 0 Å². The van der Waals surface area contributed by atoms with Crippen molar-refractivity contribution in [2.45, 2.75) is 58.8 Å². The average molecular weight is 609 g/mol. The zero-order valence-corrected chi connectivity index (χ0v) is 26.4. The van der Waals surface area contributed by atoms with Gasteiger partial charge in [0.2, 0.25) is 0 Å². The van der Waals surface area contributed by atoms with Gasteiger partial charge in [0.15, 0.2) is 0 Å². The molecule has 3 aromatic heterocycles. The van der Waals surface area contributed by atoms with E-state index in [4.69, 9.17) is 19.9 Å². The highest BCUT2D eigenvalue weighted by Crippen LogP contribution is 2.37. The number of aliphatic hydroxyl groups is 1. The Morgan fingerprint density at radius 3 is 2.51 bits per heavy atom. The maximum atomic E-state index is 11.7. The van der Waals surface area contributed by atoms with Crippen LogP contribution in [0.5, 0.6) is 0 Å². The van der Waals surface area contributed by atoms with Crippen molar-refractivity contribution in [3.05, 3.63) is 89.4 Å². The number of aromatic nitrogens is 5. The Kier molecular flexibility index (Phi) is 8.44. The molecule has 0 spiro atoms. The van der Waals surface area contributed by atoms with Crippen molar-refractivity contribution in [2.24, 2.45) is 5.92 Å². The second-order valence-corrected chi connectivity index (χ2v) is 12.2. The van der Waals surface area contributed by atoms with E-state index in [1.807, 2.05) is 77.1 Å². The fraction of sp³-hybridized carbons (Fsp3) is 0.371. The van der Waals surface area contributed by atoms with E-state index in [2.05, 4.69) is 31.7 Å². The molecule has 0 unspecified atom stereocenters. The van der Waals surface area contributed by atoms with E-state index in [0.717, 1.165) is 56.2 Å². The lowest BCUT2D eigenvalue weighted by Crippen LogP contribution is -2.47. The van der Waals surface area contributed by atoms with Gasteiger partial charge < -0.3 is 19.8 Å². The summed E-state index contributed by atoms with van der Waals surface area (Å²) in [5.74, 6) is -0.324. The number of aliphatic carboxylic acids is 1. The summed E-state index contributed by atoms with van der Waals surface area (Å²) in [6.45, 7) is 9.86. The summed E-state index contributed by atoms with van der Waals surface area (Å²) in [6, 6.07) is 19.7. The van der Waals surface area contributed by atoms with E-state index >= 15 is 0 Å². The molecule has 2 N–H and O–H groups in total. The molecule has 1 fully saturated rings. The van der Waals surface area contributed by atoms with Crippen LogP contribution in [0.25, 0.3) is 27.8 Å². The highest BCUT2D eigenvalue weighted by atomic mass is 16.5. The molecule has 0 amide bonds. The summed E-state index contributed by atoms with van der Waals surface area (Å²) in [5.41, 5.74) is 7.51. The lowest BCUT2D eigenvalue weighted by molar-refractivity contribution is -0.147. The van der Waals surface area contributed by atoms with E-state index in [0.29, 0.717) is 26.1 Å². The van der Waals surface area contributed by atoms with Crippen molar-refractivity contribution in [1.82, 2.24) is 24.5 Å². The van der Waals surface area contributed by atoms with Gasteiger partial charge in [0.1, 0.15) is 5.82 Å². The first-order valence-corrected chi connectivity index (χ1v) is 15.4. The number of rotatable bonds is 9. The van der Waals surface area contributed by atoms with Crippen LogP contribution in [0.3, 0.4) is 0 Å². The Labute approximate surface area is 262 Å². The van der Waals surface area contributed by atoms with Crippen LogP contribution in [0, 0.1) is 19.8 Å². The third-order valence-corrected chi connectivity index (χ3v) is 8.91. The molecular weight excluding hydrogens is 568 g/mol. The van der Waals surface area contributed by atoms with Gasteiger partial charge in [0, 0.05) is 48.6 Å². The van der Waals surface area contributed by atoms with Crippen LogP contribution in [-0.2, 0) is 16.1 Å². The topological polar surface area (TPSA) is 119 Å². The second-order valence-electron chi connectivity index (χ2n) is 12.2. The van der Waals surface area contributed by atoms with Crippen LogP contribution in [0.4, 0.5) is 5.82 Å². The molecule has 10 nitrogen and oxygen atoms in total. The summed E-state index contributed by atoms with van der Waals surface area (Å²) in [7, 11) is 1.57. The summed E-state index contributed by atoms with van der Waals surface area (Å²) in [4.78, 5) is 18.7. The van der Waals surface area contributed by atoms with Crippen LogP contribution >= 0.6 is 0 Å². The standard InChI is InChI=1S/C35H40N6O4/c1-21(2)33-23(4)41(29-14-15-32(36-22(29)3)39-17-16-26(35(43)44)31(20-39)45-5)38-34(33)25-12-9-13-28-27(25)18-40(37-28)19-30(42)24-10-7-6-8-11-24/h6-15,18,21,26,30-31,42H,16-17,19-20H2,1-5H3,(H,43,44)/t26-,30+,31+/m1/s1. The zero-order valence-electron chi connectivity index (χ0n) is 26.4. The molecule has 2 aromatic carbocycles. The lowest BCUT2D eigenvalue weighted by Gasteiger charge is -2.36. The summed E-state index contributed by atoms with van der Waals surface area (Å²) in [5, 5.41) is 31.4. The van der Waals surface area contributed by atoms with Crippen molar-refractivity contribution in [3.8, 4) is 16.9 Å². The molecule has 234 valence electrons. The van der Waals surface area contributed by atoms with Gasteiger partial charge in [0.05, 0.1) is 47.3 Å². The van der Waals surface area contributed by atoms with Gasteiger partial charge in [-0.05, 0) is 49.9 Å². The number of piperidine rings is 1. The third kappa shape index (κ3) is 5.83. The quantitative estimate of drug-likeness (QED) is 0.219. The first kappa shape index (κ1) is 30.5. The monoisotopic (exact) mass is 608 g/mol. The highest BCUT2D eigenvalue weighted by molar-refractivity contribution is 5.94. The average Bonchev–Trinajstić information content (AvgIpc) is 3.61. The van der Waals surface area contributed by atoms with Gasteiger partial charge >= 0.3 is 5.97 Å². The normalized spacial score (nSPS) is 17.7. The number of aryl methyl sites for hydroxylation is 1. The minimum atomic E-state index is -0.820. The molecule has 6 rings (SSSR count). The van der Waals surface area contributed by atoms with Crippen LogP contribution in [-0.4, -0.2) is 67.0 Å². The molecule has 1 aliphatic heterocycles. The maximum Gasteiger partial charge on any atom is 0.309 e. The Bertz CT molecular complexity index is 1830. The molecule has 0 aliphatic carbocycles. The summed E-state index contributed by atoms with van der Waals surface area (Å²) in [6.07, 6.45) is 1.44. The maximum absolute atomic E-state index is 11.7. The molecule has 4 heterocycles. The number of hydrogen-bond donors (Lipinski definition) is 2. The molecule has 5 aromatic rings. The molecule has 10 heteroatoms. The van der Waals surface area contributed by atoms with Crippen LogP contribution in [0.15, 0.2) is 66.9 Å². The SMILES string of the molecule is CO[C@H]1CN(c2ccc(-n3nc(-c4cccc5nn(C[C@H](O)c6ccccc6)cc45)c(C(C)C)c3C)c(C)n2)CC[C@H]1C(=O)O. The molecule has 0 bridgehead atoms. The van der Waals surface area contributed by atoms with Crippen LogP contribution in [0.1, 0.15) is 54.8 Å². The number of carbonyl (C=O) groups is 1. The fourth-order valence-corrected chi connectivity index (χ4v) is 6.58. The third-order valence-electron chi connectivity index (χ3n) is 8.91. The Morgan fingerprint density at radius 1 is 1.04 bits per heavy atom. The number of carboxylic acid groups (broad SMARTS) is 1. The summed E-state index contributed by atoms with van der Waals surface area (Å²) < 4.78 is 9.31. The molecule has 1 saturated heterocycles. The fourth-order valence-electron chi connectivity index (χ4n) is 6.58. The number of carboxylic acids is 1. The predicted molar refractivity (Wildman–Crippen MR) is 174 cm³/mol. The van der Waals surface area contributed by atoms with Crippen LogP contribution in [0.2, 0.25) is 0 Å². The predicted octanol–water partition coefficient (Wildman–Crippen LogP) is 5.68. The largest absolute Gasteiger partial charge is 0.481 e. The van der Waals surface area contributed by atoms with Gasteiger partial charge in [0.25, 0.3) is 0 Å². The molecule has 1 aliphatic rings. The first-order valence-electron chi connectivity index (χ1n) is 15.4. The van der Waals surface area contributed by atoms with Crippen molar-refractivity contribution in [3.63, 3.8) is 0 Å². The lowest BCUT2D eigenvalue weighted by atomic mass is 9.94. The second kappa shape index (κ2) is 12.5. The number of benzene rings is 2. The number of aliphatic hydroxyl groups excluding tert-OH is 1. The molecule has 0 radical (unpaired) electrons. The van der Waals surface area contributed by atoms with E-state index in [1.54, 1.807) is 7.11 Å². The molecule has 3 atom stereocenters. The minimum Gasteiger partial charge on any atom is -0.481 e. The Morgan fingerprint density at radius 2 is 1.82 bits per heavy atom. The molecule has 0 saturated carbocycles. The number of methoxy groups -OCH3 is 1. The minimum absolute atomic E-state index is 0.216. The number of pyridine rings is 1. The van der Waals surface area contributed by atoms with Gasteiger partial charge in [-0.3, -0.25) is 9.48 Å². The van der Waals surface area contributed by atoms with Crippen molar-refractivity contribution < 1.29 is 19.7 Å². The van der Waals surface area contributed by atoms with Crippen LogP contribution < -0.4 is 4.90 Å². The number of hydrogen-bond acceptors (Lipinski definition) is 7. The number of nitrogens with zero attached hydrogens (tertiary/aromatic N) is 6. The van der Waals surface area contributed by atoms with Gasteiger partial charge in [-0.2, -0.15) is 10.2 Å². The van der Waals surface area contributed by atoms with E-state index < -0.39 is 24.1 Å². The van der Waals surface area contributed by atoms with E-state index in [-0.39, 0.29) is 5.92 Å². The first-order chi connectivity index (χ1) is 21.7. The smallest absolute Gasteiger partial charge is 0.309 e. The van der Waals surface area contributed by atoms with Gasteiger partial charge in [-0.1, -0.05) is 56.3 Å². The van der Waals surface area contributed by atoms with E-state index in [9.17, 15) is 15.0 Å². The zero-order chi connectivity index (χ0) is 31.8. The molecular formula is C35H40N6O4. The number of ether oxygens (including phenoxy) is 1. The van der Waals surface area contributed by atoms with Crippen molar-refractivity contribution in [1.29, 1.82) is 0 Å². The Hall–Kier alpha value is -4.54.